The molecule has 0 aromatic heterocycles. The zero-order chi connectivity index (χ0) is 19.1. The minimum atomic E-state index is -0.802. The van der Waals surface area contributed by atoms with E-state index in [9.17, 15) is 14.9 Å². The molecule has 26 heavy (non-hydrogen) atoms. The number of hydrogen-bond acceptors (Lipinski definition) is 6. The van der Waals surface area contributed by atoms with E-state index >= 15 is 0 Å². The van der Waals surface area contributed by atoms with Crippen molar-refractivity contribution < 1.29 is 19.2 Å². The van der Waals surface area contributed by atoms with Crippen molar-refractivity contribution in [2.75, 3.05) is 13.7 Å². The molecule has 0 bridgehead atoms. The molecule has 2 aromatic rings. The van der Waals surface area contributed by atoms with E-state index < -0.39 is 6.16 Å². The van der Waals surface area contributed by atoms with Crippen LogP contribution in [0.25, 0.3) is 0 Å². The van der Waals surface area contributed by atoms with Crippen molar-refractivity contribution in [1.29, 1.82) is 0 Å². The molecule has 0 radical (unpaired) electrons. The van der Waals surface area contributed by atoms with Crippen LogP contribution in [-0.4, -0.2) is 24.8 Å². The molecule has 6 nitrogen and oxygen atoms in total. The van der Waals surface area contributed by atoms with E-state index in [1.54, 1.807) is 24.8 Å². The lowest BCUT2D eigenvalue weighted by Crippen LogP contribution is -2.12. The standard InChI is InChI=1S/C19H21NO5S/c1-4-14-10-17(20(22)23)16(13(2)12-25-19(21)24-3)11-18(14)26-15-8-6-5-7-9-15/h5-11,13H,4,12H2,1-3H3. The molecule has 1 atom stereocenters. The van der Waals surface area contributed by atoms with Gasteiger partial charge in [0.05, 0.1) is 12.0 Å². The molecular weight excluding hydrogens is 354 g/mol. The average molecular weight is 375 g/mol. The molecule has 0 aliphatic rings. The lowest BCUT2D eigenvalue weighted by atomic mass is 9.97. The van der Waals surface area contributed by atoms with Crippen molar-refractivity contribution in [2.24, 2.45) is 0 Å². The molecule has 0 saturated carbocycles. The van der Waals surface area contributed by atoms with Crippen LogP contribution in [0.3, 0.4) is 0 Å². The Morgan fingerprint density at radius 3 is 2.54 bits per heavy atom. The monoisotopic (exact) mass is 375 g/mol. The largest absolute Gasteiger partial charge is 0.507 e. The first-order valence-corrected chi connectivity index (χ1v) is 9.02. The van der Waals surface area contributed by atoms with Crippen molar-refractivity contribution in [3.63, 3.8) is 0 Å². The van der Waals surface area contributed by atoms with Gasteiger partial charge in [-0.1, -0.05) is 43.8 Å². The predicted molar refractivity (Wildman–Crippen MR) is 99.8 cm³/mol. The number of nitro benzene ring substituents is 1. The number of carbonyl (C=O) groups excluding carboxylic acids is 1. The van der Waals surface area contributed by atoms with Crippen LogP contribution < -0.4 is 0 Å². The Kier molecular flexibility index (Phi) is 7.03. The van der Waals surface area contributed by atoms with Gasteiger partial charge in [-0.05, 0) is 30.2 Å². The Labute approximate surface area is 156 Å². The van der Waals surface area contributed by atoms with Gasteiger partial charge in [-0.25, -0.2) is 4.79 Å². The molecule has 138 valence electrons. The predicted octanol–water partition coefficient (Wildman–Crippen LogP) is 5.19. The molecular formula is C19H21NO5S. The average Bonchev–Trinajstić information content (AvgIpc) is 2.66. The molecule has 1 unspecified atom stereocenters. The third-order valence-corrected chi connectivity index (χ3v) is 5.02. The van der Waals surface area contributed by atoms with Crippen LogP contribution in [0.2, 0.25) is 0 Å². The maximum absolute atomic E-state index is 11.5. The molecule has 0 aliphatic carbocycles. The van der Waals surface area contributed by atoms with Crippen LogP contribution in [-0.2, 0) is 15.9 Å². The summed E-state index contributed by atoms with van der Waals surface area (Å²) < 4.78 is 9.42. The summed E-state index contributed by atoms with van der Waals surface area (Å²) in [5.74, 6) is -0.337. The summed E-state index contributed by atoms with van der Waals surface area (Å²) in [5, 5.41) is 11.5. The maximum atomic E-state index is 11.5. The van der Waals surface area contributed by atoms with E-state index in [0.29, 0.717) is 12.0 Å². The minimum absolute atomic E-state index is 0.00836. The minimum Gasteiger partial charge on any atom is -0.438 e. The van der Waals surface area contributed by atoms with Crippen LogP contribution in [0.5, 0.6) is 0 Å². The van der Waals surface area contributed by atoms with Crippen LogP contribution in [0.1, 0.15) is 30.9 Å². The number of nitrogens with zero attached hydrogens (tertiary/aromatic N) is 1. The van der Waals surface area contributed by atoms with E-state index in [4.69, 9.17) is 4.74 Å². The number of rotatable bonds is 7. The number of methoxy groups -OCH3 is 1. The van der Waals surface area contributed by atoms with Gasteiger partial charge >= 0.3 is 6.16 Å². The molecule has 0 aliphatic heterocycles. The Bertz CT molecular complexity index is 779. The van der Waals surface area contributed by atoms with E-state index in [2.05, 4.69) is 4.74 Å². The number of nitro groups is 1. The number of hydrogen-bond donors (Lipinski definition) is 0. The first-order valence-electron chi connectivity index (χ1n) is 8.21. The van der Waals surface area contributed by atoms with Gasteiger partial charge in [-0.3, -0.25) is 10.1 Å². The first kappa shape index (κ1) is 19.8. The summed E-state index contributed by atoms with van der Waals surface area (Å²) in [4.78, 5) is 24.3. The summed E-state index contributed by atoms with van der Waals surface area (Å²) >= 11 is 1.56. The normalized spacial score (nSPS) is 11.7. The van der Waals surface area contributed by atoms with Gasteiger partial charge in [-0.15, -0.1) is 0 Å². The Morgan fingerprint density at radius 2 is 1.96 bits per heavy atom. The zero-order valence-electron chi connectivity index (χ0n) is 14.9. The van der Waals surface area contributed by atoms with Crippen molar-refractivity contribution in [2.45, 2.75) is 36.0 Å². The van der Waals surface area contributed by atoms with Crippen LogP contribution >= 0.6 is 11.8 Å². The van der Waals surface area contributed by atoms with Gasteiger partial charge in [0, 0.05) is 27.3 Å². The highest BCUT2D eigenvalue weighted by molar-refractivity contribution is 7.99. The summed E-state index contributed by atoms with van der Waals surface area (Å²) in [6.45, 7) is 3.76. The van der Waals surface area contributed by atoms with Crippen molar-refractivity contribution >= 4 is 23.6 Å². The van der Waals surface area contributed by atoms with Gasteiger partial charge in [0.15, 0.2) is 0 Å². The van der Waals surface area contributed by atoms with Gasteiger partial charge in [0.25, 0.3) is 5.69 Å². The summed E-state index contributed by atoms with van der Waals surface area (Å²) in [5.41, 5.74) is 1.49. The lowest BCUT2D eigenvalue weighted by Gasteiger charge is -2.16. The third-order valence-electron chi connectivity index (χ3n) is 3.91. The van der Waals surface area contributed by atoms with Gasteiger partial charge in [-0.2, -0.15) is 0 Å². The van der Waals surface area contributed by atoms with E-state index in [1.165, 1.54) is 7.11 Å². The molecule has 7 heteroatoms. The molecule has 0 N–H and O–H groups in total. The second-order valence-electron chi connectivity index (χ2n) is 5.71. The Hall–Kier alpha value is -2.54. The fourth-order valence-corrected chi connectivity index (χ4v) is 3.58. The first-order chi connectivity index (χ1) is 12.5. The molecule has 0 heterocycles. The van der Waals surface area contributed by atoms with Crippen LogP contribution in [0.4, 0.5) is 10.5 Å². The summed E-state index contributed by atoms with van der Waals surface area (Å²) in [7, 11) is 1.22. The van der Waals surface area contributed by atoms with Crippen LogP contribution in [0, 0.1) is 10.1 Å². The second-order valence-corrected chi connectivity index (χ2v) is 6.83. The highest BCUT2D eigenvalue weighted by Crippen LogP contribution is 2.37. The Balaban J connectivity index is 2.39. The third kappa shape index (κ3) is 4.98. The van der Waals surface area contributed by atoms with Gasteiger partial charge < -0.3 is 9.47 Å². The smallest absolute Gasteiger partial charge is 0.438 e. The number of aryl methyl sites for hydroxylation is 1. The van der Waals surface area contributed by atoms with Crippen LogP contribution in [0.15, 0.2) is 52.3 Å². The van der Waals surface area contributed by atoms with Gasteiger partial charge in [0.1, 0.15) is 6.61 Å². The van der Waals surface area contributed by atoms with E-state index in [1.807, 2.05) is 43.3 Å². The van der Waals surface area contributed by atoms with Crippen molar-refractivity contribution in [1.82, 2.24) is 0 Å². The molecule has 0 spiro atoms. The van der Waals surface area contributed by atoms with E-state index in [0.717, 1.165) is 15.4 Å². The van der Waals surface area contributed by atoms with Crippen molar-refractivity contribution in [3.8, 4) is 0 Å². The molecule has 2 rings (SSSR count). The highest BCUT2D eigenvalue weighted by Gasteiger charge is 2.23. The summed E-state index contributed by atoms with van der Waals surface area (Å²) in [6, 6.07) is 13.3. The van der Waals surface area contributed by atoms with Gasteiger partial charge in [0.2, 0.25) is 0 Å². The summed E-state index contributed by atoms with van der Waals surface area (Å²) in [6.07, 6.45) is -0.118. The molecule has 0 fully saturated rings. The molecule has 2 aromatic carbocycles. The second kappa shape index (κ2) is 9.24. The molecule has 0 saturated heterocycles. The number of ether oxygens (including phenoxy) is 2. The maximum Gasteiger partial charge on any atom is 0.507 e. The SMILES string of the molecule is CCc1cc([N+](=O)[O-])c(C(C)COC(=O)OC)cc1Sc1ccccc1. The zero-order valence-corrected chi connectivity index (χ0v) is 15.7. The van der Waals surface area contributed by atoms with E-state index in [-0.39, 0.29) is 23.1 Å². The number of benzene rings is 2. The quantitative estimate of drug-likeness (QED) is 0.376. The van der Waals surface area contributed by atoms with Crippen molar-refractivity contribution in [3.05, 3.63) is 63.7 Å². The topological polar surface area (TPSA) is 78.7 Å². The fourth-order valence-electron chi connectivity index (χ4n) is 2.51. The number of carbonyl (C=O) groups is 1. The Morgan fingerprint density at radius 1 is 1.27 bits per heavy atom. The molecule has 0 amide bonds. The highest BCUT2D eigenvalue weighted by atomic mass is 32.2. The lowest BCUT2D eigenvalue weighted by molar-refractivity contribution is -0.385. The fraction of sp³-hybridized carbons (Fsp3) is 0.316.